The molecule has 0 aromatic heterocycles. The van der Waals surface area contributed by atoms with Crippen molar-refractivity contribution in [1.82, 2.24) is 0 Å². The predicted octanol–water partition coefficient (Wildman–Crippen LogP) is 5.79. The van der Waals surface area contributed by atoms with Crippen molar-refractivity contribution in [2.75, 3.05) is 0 Å². The Morgan fingerprint density at radius 3 is 1.60 bits per heavy atom. The minimum absolute atomic E-state index is 1.03. The third-order valence-electron chi connectivity index (χ3n) is 3.83. The Hall–Kier alpha value is -1.56. The van der Waals surface area contributed by atoms with Crippen molar-refractivity contribution in [3.63, 3.8) is 0 Å². The molecule has 0 heterocycles. The highest BCUT2D eigenvalue weighted by molar-refractivity contribution is 5.39. The standard InChI is InChI=1S/C18H22.C2H6/c1-5-16-6-8-17(9-7-16)12-18-10-13(2)15(4)14(3)11-18;1-2/h6-11H,5,12H2,1-4H3;1-2H3. The van der Waals surface area contributed by atoms with E-state index < -0.39 is 0 Å². The van der Waals surface area contributed by atoms with E-state index in [0.717, 1.165) is 12.8 Å². The molecular weight excluding hydrogens is 240 g/mol. The summed E-state index contributed by atoms with van der Waals surface area (Å²) in [5, 5.41) is 0. The molecule has 20 heavy (non-hydrogen) atoms. The van der Waals surface area contributed by atoms with E-state index >= 15 is 0 Å². The summed E-state index contributed by atoms with van der Waals surface area (Å²) in [4.78, 5) is 0. The van der Waals surface area contributed by atoms with Gasteiger partial charge in [-0.1, -0.05) is 57.2 Å². The fraction of sp³-hybridized carbons (Fsp3) is 0.400. The fourth-order valence-electron chi connectivity index (χ4n) is 2.36. The van der Waals surface area contributed by atoms with Crippen LogP contribution in [0.25, 0.3) is 0 Å². The molecule has 0 aliphatic rings. The van der Waals surface area contributed by atoms with Gasteiger partial charge < -0.3 is 0 Å². The summed E-state index contributed by atoms with van der Waals surface area (Å²) in [6.07, 6.45) is 2.15. The maximum atomic E-state index is 2.32. The van der Waals surface area contributed by atoms with Crippen LogP contribution in [0.15, 0.2) is 36.4 Å². The van der Waals surface area contributed by atoms with Crippen LogP contribution < -0.4 is 0 Å². The van der Waals surface area contributed by atoms with Gasteiger partial charge in [0.2, 0.25) is 0 Å². The highest BCUT2D eigenvalue weighted by Crippen LogP contribution is 2.18. The Bertz CT molecular complexity index is 509. The van der Waals surface area contributed by atoms with Crippen molar-refractivity contribution in [2.45, 2.75) is 54.4 Å². The summed E-state index contributed by atoms with van der Waals surface area (Å²) >= 11 is 0. The Morgan fingerprint density at radius 1 is 0.700 bits per heavy atom. The molecule has 0 aliphatic carbocycles. The SMILES string of the molecule is CC.CCc1ccc(Cc2cc(C)c(C)c(C)c2)cc1. The number of rotatable bonds is 3. The largest absolute Gasteiger partial charge is 0.0683 e. The molecule has 108 valence electrons. The van der Waals surface area contributed by atoms with Crippen LogP contribution >= 0.6 is 0 Å². The predicted molar refractivity (Wildman–Crippen MR) is 90.6 cm³/mol. The van der Waals surface area contributed by atoms with Gasteiger partial charge in [-0.3, -0.25) is 0 Å². The van der Waals surface area contributed by atoms with E-state index in [1.807, 2.05) is 13.8 Å². The van der Waals surface area contributed by atoms with E-state index in [0.29, 0.717) is 0 Å². The van der Waals surface area contributed by atoms with Crippen molar-refractivity contribution < 1.29 is 0 Å². The van der Waals surface area contributed by atoms with E-state index in [1.165, 1.54) is 33.4 Å². The number of hydrogen-bond acceptors (Lipinski definition) is 0. The van der Waals surface area contributed by atoms with Crippen LogP contribution in [0.1, 0.15) is 54.2 Å². The van der Waals surface area contributed by atoms with Crippen LogP contribution in [0.4, 0.5) is 0 Å². The topological polar surface area (TPSA) is 0 Å². The van der Waals surface area contributed by atoms with Crippen LogP contribution in [-0.4, -0.2) is 0 Å². The van der Waals surface area contributed by atoms with Crippen molar-refractivity contribution in [3.05, 3.63) is 69.8 Å². The molecule has 2 aromatic rings. The van der Waals surface area contributed by atoms with Gasteiger partial charge in [0, 0.05) is 0 Å². The molecule has 0 heteroatoms. The Balaban J connectivity index is 0.000000956. The maximum Gasteiger partial charge on any atom is -0.00256 e. The van der Waals surface area contributed by atoms with Crippen LogP contribution in [-0.2, 0) is 12.8 Å². The van der Waals surface area contributed by atoms with Crippen molar-refractivity contribution >= 4 is 0 Å². The Labute approximate surface area is 124 Å². The molecule has 2 rings (SSSR count). The fourth-order valence-corrected chi connectivity index (χ4v) is 2.36. The smallest absolute Gasteiger partial charge is 0.00256 e. The van der Waals surface area contributed by atoms with Gasteiger partial charge in [-0.15, -0.1) is 0 Å². The molecule has 0 bridgehead atoms. The van der Waals surface area contributed by atoms with E-state index in [2.05, 4.69) is 64.1 Å². The minimum atomic E-state index is 1.03. The minimum Gasteiger partial charge on any atom is -0.0683 e. The van der Waals surface area contributed by atoms with Crippen molar-refractivity contribution in [3.8, 4) is 0 Å². The van der Waals surface area contributed by atoms with Gasteiger partial charge in [-0.2, -0.15) is 0 Å². The lowest BCUT2D eigenvalue weighted by atomic mass is 9.96. The van der Waals surface area contributed by atoms with Gasteiger partial charge in [-0.05, 0) is 67.0 Å². The van der Waals surface area contributed by atoms with Crippen LogP contribution in [0.5, 0.6) is 0 Å². The number of hydrogen-bond donors (Lipinski definition) is 0. The second-order valence-corrected chi connectivity index (χ2v) is 5.20. The first-order valence-corrected chi connectivity index (χ1v) is 7.74. The van der Waals surface area contributed by atoms with Gasteiger partial charge in [0.05, 0.1) is 0 Å². The lowest BCUT2D eigenvalue weighted by Gasteiger charge is -2.09. The molecule has 0 radical (unpaired) electrons. The molecule has 0 spiro atoms. The quantitative estimate of drug-likeness (QED) is 0.660. The summed E-state index contributed by atoms with van der Waals surface area (Å²) in [5.74, 6) is 0. The zero-order valence-electron chi connectivity index (χ0n) is 13.9. The van der Waals surface area contributed by atoms with Gasteiger partial charge in [0.25, 0.3) is 0 Å². The normalized spacial score (nSPS) is 9.90. The van der Waals surface area contributed by atoms with Crippen LogP contribution in [0, 0.1) is 20.8 Å². The van der Waals surface area contributed by atoms with E-state index in [1.54, 1.807) is 0 Å². The summed E-state index contributed by atoms with van der Waals surface area (Å²) in [5.41, 5.74) is 8.44. The van der Waals surface area contributed by atoms with Gasteiger partial charge in [0.15, 0.2) is 0 Å². The third kappa shape index (κ3) is 4.23. The zero-order chi connectivity index (χ0) is 15.1. The summed E-state index contributed by atoms with van der Waals surface area (Å²) in [6, 6.07) is 13.6. The molecule has 0 atom stereocenters. The van der Waals surface area contributed by atoms with E-state index in [4.69, 9.17) is 0 Å². The molecule has 0 saturated carbocycles. The molecule has 0 aliphatic heterocycles. The molecular formula is C20H28. The average Bonchev–Trinajstić information content (AvgIpc) is 2.47. The van der Waals surface area contributed by atoms with Gasteiger partial charge >= 0.3 is 0 Å². The molecule has 0 N–H and O–H groups in total. The van der Waals surface area contributed by atoms with Crippen molar-refractivity contribution in [2.24, 2.45) is 0 Å². The van der Waals surface area contributed by atoms with Gasteiger partial charge in [0.1, 0.15) is 0 Å². The molecule has 0 unspecified atom stereocenters. The summed E-state index contributed by atoms with van der Waals surface area (Å²) in [6.45, 7) is 12.8. The Kier molecular flexibility index (Phi) is 6.51. The summed E-state index contributed by atoms with van der Waals surface area (Å²) < 4.78 is 0. The lowest BCUT2D eigenvalue weighted by molar-refractivity contribution is 1.11. The van der Waals surface area contributed by atoms with Gasteiger partial charge in [-0.25, -0.2) is 0 Å². The first-order chi connectivity index (χ1) is 9.60. The van der Waals surface area contributed by atoms with E-state index in [9.17, 15) is 0 Å². The second kappa shape index (κ2) is 7.89. The first kappa shape index (κ1) is 16.5. The highest BCUT2D eigenvalue weighted by atomic mass is 14.1. The first-order valence-electron chi connectivity index (χ1n) is 7.74. The maximum absolute atomic E-state index is 2.32. The highest BCUT2D eigenvalue weighted by Gasteiger charge is 2.02. The zero-order valence-corrected chi connectivity index (χ0v) is 13.9. The molecule has 0 fully saturated rings. The number of aryl methyl sites for hydroxylation is 3. The van der Waals surface area contributed by atoms with Crippen molar-refractivity contribution in [1.29, 1.82) is 0 Å². The molecule has 0 nitrogen and oxygen atoms in total. The molecule has 0 amide bonds. The monoisotopic (exact) mass is 268 g/mol. The third-order valence-corrected chi connectivity index (χ3v) is 3.83. The lowest BCUT2D eigenvalue weighted by Crippen LogP contribution is -1.94. The molecule has 0 saturated heterocycles. The average molecular weight is 268 g/mol. The summed E-state index contributed by atoms with van der Waals surface area (Å²) in [7, 11) is 0. The number of benzene rings is 2. The van der Waals surface area contributed by atoms with E-state index in [-0.39, 0.29) is 0 Å². The van der Waals surface area contributed by atoms with Crippen LogP contribution in [0.2, 0.25) is 0 Å². The molecule has 2 aromatic carbocycles. The Morgan fingerprint density at radius 2 is 1.15 bits per heavy atom. The second-order valence-electron chi connectivity index (χ2n) is 5.20. The van der Waals surface area contributed by atoms with Crippen LogP contribution in [0.3, 0.4) is 0 Å².